The molecule has 0 aliphatic carbocycles. The molecule has 0 spiro atoms. The molecule has 4 aromatic rings. The summed E-state index contributed by atoms with van der Waals surface area (Å²) < 4.78 is 0. The van der Waals surface area contributed by atoms with Crippen molar-refractivity contribution >= 4 is 28.7 Å². The van der Waals surface area contributed by atoms with Gasteiger partial charge in [-0.1, -0.05) is 54.6 Å². The Morgan fingerprint density at radius 2 is 1.79 bits per heavy atom. The first-order valence-corrected chi connectivity index (χ1v) is 9.59. The van der Waals surface area contributed by atoms with Crippen LogP contribution >= 0.6 is 11.3 Å². The van der Waals surface area contributed by atoms with E-state index in [2.05, 4.69) is 15.3 Å². The highest BCUT2D eigenvalue weighted by Crippen LogP contribution is 2.30. The number of thiazole rings is 1. The first-order valence-electron chi connectivity index (χ1n) is 8.71. The fourth-order valence-corrected chi connectivity index (χ4v) is 3.64. The molecule has 9 heteroatoms. The van der Waals surface area contributed by atoms with Gasteiger partial charge in [0, 0.05) is 23.1 Å². The molecule has 3 N–H and O–H groups in total. The Bertz CT molecular complexity index is 1150. The number of nitrogens with two attached hydrogens (primary N) is 1. The van der Waals surface area contributed by atoms with Gasteiger partial charge in [-0.05, 0) is 5.56 Å². The van der Waals surface area contributed by atoms with Crippen LogP contribution in [0.3, 0.4) is 0 Å². The average Bonchev–Trinajstić information content (AvgIpc) is 3.23. The maximum Gasteiger partial charge on any atom is 0.352 e. The molecule has 4 rings (SSSR count). The van der Waals surface area contributed by atoms with Gasteiger partial charge < -0.3 is 11.1 Å². The van der Waals surface area contributed by atoms with Gasteiger partial charge in [0.15, 0.2) is 0 Å². The van der Waals surface area contributed by atoms with Crippen molar-refractivity contribution in [3.05, 3.63) is 82.0 Å². The zero-order chi connectivity index (χ0) is 20.2. The third kappa shape index (κ3) is 4.04. The minimum absolute atomic E-state index is 0.0963. The monoisotopic (exact) mass is 404 g/mol. The van der Waals surface area contributed by atoms with E-state index in [-0.39, 0.29) is 17.3 Å². The topological polar surface area (TPSA) is 120 Å². The van der Waals surface area contributed by atoms with Crippen molar-refractivity contribution in [2.24, 2.45) is 0 Å². The number of benzene rings is 2. The van der Waals surface area contributed by atoms with Gasteiger partial charge >= 0.3 is 5.69 Å². The van der Waals surface area contributed by atoms with Crippen LogP contribution in [0.2, 0.25) is 0 Å². The molecule has 0 fully saturated rings. The van der Waals surface area contributed by atoms with Crippen LogP contribution in [-0.2, 0) is 6.54 Å². The van der Waals surface area contributed by atoms with Gasteiger partial charge in [-0.3, -0.25) is 10.1 Å². The SMILES string of the molecule is Nc1ncnc(NCc2ccc(-c3nc(-c4ccccc4)cs3)cc2)c1[N+](=O)[O-]. The van der Waals surface area contributed by atoms with Crippen molar-refractivity contribution in [1.29, 1.82) is 0 Å². The molecule has 0 saturated heterocycles. The van der Waals surface area contributed by atoms with Crippen LogP contribution in [0.4, 0.5) is 17.3 Å². The molecule has 0 aliphatic heterocycles. The first-order chi connectivity index (χ1) is 14.1. The van der Waals surface area contributed by atoms with Crippen molar-refractivity contribution in [1.82, 2.24) is 15.0 Å². The summed E-state index contributed by atoms with van der Waals surface area (Å²) in [4.78, 5) is 22.9. The van der Waals surface area contributed by atoms with Crippen molar-refractivity contribution in [2.45, 2.75) is 6.54 Å². The van der Waals surface area contributed by atoms with Crippen LogP contribution in [0.5, 0.6) is 0 Å². The normalized spacial score (nSPS) is 10.6. The molecule has 2 heterocycles. The summed E-state index contributed by atoms with van der Waals surface area (Å²) in [6.07, 6.45) is 1.19. The summed E-state index contributed by atoms with van der Waals surface area (Å²) in [5.41, 5.74) is 9.25. The number of nitrogens with one attached hydrogen (secondary N) is 1. The Morgan fingerprint density at radius 3 is 2.52 bits per heavy atom. The third-order valence-corrected chi connectivity index (χ3v) is 5.16. The fourth-order valence-electron chi connectivity index (χ4n) is 2.80. The van der Waals surface area contributed by atoms with E-state index in [0.29, 0.717) is 6.54 Å². The Morgan fingerprint density at radius 1 is 1.03 bits per heavy atom. The summed E-state index contributed by atoms with van der Waals surface area (Å²) in [5, 5.41) is 17.1. The molecule has 0 unspecified atom stereocenters. The Hall–Kier alpha value is -3.85. The number of aromatic nitrogens is 3. The van der Waals surface area contributed by atoms with Crippen LogP contribution in [0.1, 0.15) is 5.56 Å². The second kappa shape index (κ2) is 8.03. The summed E-state index contributed by atoms with van der Waals surface area (Å²) in [6.45, 7) is 0.366. The summed E-state index contributed by atoms with van der Waals surface area (Å²) in [6, 6.07) is 17.9. The lowest BCUT2D eigenvalue weighted by Crippen LogP contribution is -2.08. The van der Waals surface area contributed by atoms with Gasteiger partial charge in [0.2, 0.25) is 11.6 Å². The number of nitrogens with zero attached hydrogens (tertiary/aromatic N) is 4. The summed E-state index contributed by atoms with van der Waals surface area (Å²) in [7, 11) is 0. The number of anilines is 2. The highest BCUT2D eigenvalue weighted by molar-refractivity contribution is 7.13. The van der Waals surface area contributed by atoms with E-state index in [1.165, 1.54) is 6.33 Å². The van der Waals surface area contributed by atoms with Crippen molar-refractivity contribution < 1.29 is 4.92 Å². The molecule has 0 radical (unpaired) electrons. The number of hydrogen-bond donors (Lipinski definition) is 2. The smallest absolute Gasteiger partial charge is 0.352 e. The van der Waals surface area contributed by atoms with Gasteiger partial charge in [-0.15, -0.1) is 11.3 Å². The number of rotatable bonds is 6. The standard InChI is InChI=1S/C20H16N6O2S/c21-18-17(26(27)28)19(24-12-23-18)22-10-13-6-8-15(9-7-13)20-25-16(11-29-20)14-4-2-1-3-5-14/h1-9,11-12H,10H2,(H3,21,22,23,24). The van der Waals surface area contributed by atoms with Crippen molar-refractivity contribution in [2.75, 3.05) is 11.1 Å². The van der Waals surface area contributed by atoms with E-state index in [9.17, 15) is 10.1 Å². The zero-order valence-electron chi connectivity index (χ0n) is 15.1. The number of nitro groups is 1. The van der Waals surface area contributed by atoms with Crippen LogP contribution in [0.15, 0.2) is 66.3 Å². The second-order valence-corrected chi connectivity index (χ2v) is 7.03. The van der Waals surface area contributed by atoms with E-state index < -0.39 is 4.92 Å². The highest BCUT2D eigenvalue weighted by Gasteiger charge is 2.20. The van der Waals surface area contributed by atoms with Gasteiger partial charge in [-0.2, -0.15) is 0 Å². The lowest BCUT2D eigenvalue weighted by atomic mass is 10.1. The number of nitrogen functional groups attached to an aromatic ring is 1. The summed E-state index contributed by atoms with van der Waals surface area (Å²) >= 11 is 1.59. The lowest BCUT2D eigenvalue weighted by Gasteiger charge is -2.07. The van der Waals surface area contributed by atoms with E-state index >= 15 is 0 Å². The third-order valence-electron chi connectivity index (χ3n) is 4.27. The second-order valence-electron chi connectivity index (χ2n) is 6.17. The molecule has 0 saturated carbocycles. The lowest BCUT2D eigenvalue weighted by molar-refractivity contribution is -0.383. The first kappa shape index (κ1) is 18.5. The molecule has 144 valence electrons. The largest absolute Gasteiger partial charge is 0.378 e. The van der Waals surface area contributed by atoms with E-state index in [1.807, 2.05) is 60.0 Å². The number of hydrogen-bond acceptors (Lipinski definition) is 8. The molecule has 2 aromatic carbocycles. The molecule has 0 aliphatic rings. The molecule has 0 bridgehead atoms. The Labute approximate surface area is 170 Å². The van der Waals surface area contributed by atoms with Crippen molar-refractivity contribution in [3.63, 3.8) is 0 Å². The summed E-state index contributed by atoms with van der Waals surface area (Å²) in [5.74, 6) is -0.0696. The quantitative estimate of drug-likeness (QED) is 0.362. The minimum atomic E-state index is -0.590. The van der Waals surface area contributed by atoms with Crippen LogP contribution in [0.25, 0.3) is 21.8 Å². The maximum atomic E-state index is 11.2. The van der Waals surface area contributed by atoms with Crippen LogP contribution in [0, 0.1) is 10.1 Å². The molecular weight excluding hydrogens is 388 g/mol. The Kier molecular flexibility index (Phi) is 5.12. The zero-order valence-corrected chi connectivity index (χ0v) is 16.0. The van der Waals surface area contributed by atoms with Gasteiger partial charge in [-0.25, -0.2) is 15.0 Å². The molecule has 0 atom stereocenters. The van der Waals surface area contributed by atoms with Crippen molar-refractivity contribution in [3.8, 4) is 21.8 Å². The van der Waals surface area contributed by atoms with Gasteiger partial charge in [0.25, 0.3) is 0 Å². The molecule has 29 heavy (non-hydrogen) atoms. The average molecular weight is 404 g/mol. The van der Waals surface area contributed by atoms with Crippen LogP contribution in [-0.4, -0.2) is 19.9 Å². The van der Waals surface area contributed by atoms with E-state index in [1.54, 1.807) is 11.3 Å². The van der Waals surface area contributed by atoms with E-state index in [4.69, 9.17) is 10.7 Å². The highest BCUT2D eigenvalue weighted by atomic mass is 32.1. The van der Waals surface area contributed by atoms with Crippen LogP contribution < -0.4 is 11.1 Å². The molecule has 2 aromatic heterocycles. The molecule has 8 nitrogen and oxygen atoms in total. The predicted molar refractivity (Wildman–Crippen MR) is 113 cm³/mol. The maximum absolute atomic E-state index is 11.2. The van der Waals surface area contributed by atoms with E-state index in [0.717, 1.165) is 27.4 Å². The minimum Gasteiger partial charge on any atom is -0.378 e. The molecular formula is C20H16N6O2S. The molecule has 0 amide bonds. The van der Waals surface area contributed by atoms with Gasteiger partial charge in [0.05, 0.1) is 10.6 Å². The fraction of sp³-hybridized carbons (Fsp3) is 0.0500. The Balaban J connectivity index is 1.48. The predicted octanol–water partition coefficient (Wildman–Crippen LogP) is 4.37. The van der Waals surface area contributed by atoms with Gasteiger partial charge in [0.1, 0.15) is 11.3 Å².